The van der Waals surface area contributed by atoms with Crippen LogP contribution in [0.5, 0.6) is 0 Å². The summed E-state index contributed by atoms with van der Waals surface area (Å²) in [5.74, 6) is -0.929. The summed E-state index contributed by atoms with van der Waals surface area (Å²) in [6.07, 6.45) is 0.699. The smallest absolute Gasteiger partial charge is 0.310 e. The Morgan fingerprint density at radius 3 is 2.36 bits per heavy atom. The van der Waals surface area contributed by atoms with E-state index in [0.717, 1.165) is 5.56 Å². The zero-order valence-electron chi connectivity index (χ0n) is 14.4. The van der Waals surface area contributed by atoms with E-state index in [-0.39, 0.29) is 18.4 Å². The van der Waals surface area contributed by atoms with Crippen LogP contribution >= 0.6 is 11.6 Å². The van der Waals surface area contributed by atoms with Gasteiger partial charge >= 0.3 is 5.97 Å². The average molecular weight is 360 g/mol. The number of carbonyl (C=O) groups is 2. The maximum Gasteiger partial charge on any atom is 0.310 e. The van der Waals surface area contributed by atoms with Crippen molar-refractivity contribution in [3.05, 3.63) is 70.7 Å². The van der Waals surface area contributed by atoms with Gasteiger partial charge in [-0.3, -0.25) is 9.59 Å². The molecule has 1 unspecified atom stereocenters. The molecule has 0 aliphatic carbocycles. The minimum atomic E-state index is -0.410. The zero-order chi connectivity index (χ0) is 18.2. The molecule has 0 aromatic heterocycles. The average Bonchev–Trinajstić information content (AvgIpc) is 2.64. The second-order valence-corrected chi connectivity index (χ2v) is 6.30. The minimum Gasteiger partial charge on any atom is -0.469 e. The van der Waals surface area contributed by atoms with Crippen LogP contribution in [0.25, 0.3) is 0 Å². The predicted molar refractivity (Wildman–Crippen MR) is 98.7 cm³/mol. The van der Waals surface area contributed by atoms with Gasteiger partial charge in [-0.25, -0.2) is 0 Å². The molecule has 0 fully saturated rings. The Hall–Kier alpha value is -2.33. The zero-order valence-corrected chi connectivity index (χ0v) is 15.2. The second-order valence-electron chi connectivity index (χ2n) is 5.89. The lowest BCUT2D eigenvalue weighted by atomic mass is 10.1. The van der Waals surface area contributed by atoms with Crippen LogP contribution in [0.2, 0.25) is 5.02 Å². The number of carbonyl (C=O) groups excluding carboxylic acids is 2. The molecule has 0 bridgehead atoms. The van der Waals surface area contributed by atoms with Crippen LogP contribution < -0.4 is 0 Å². The van der Waals surface area contributed by atoms with Crippen LogP contribution in [-0.2, 0) is 16.0 Å². The van der Waals surface area contributed by atoms with E-state index < -0.39 is 5.92 Å². The number of nitrogens with zero attached hydrogens (tertiary/aromatic N) is 1. The molecule has 0 saturated carbocycles. The van der Waals surface area contributed by atoms with Gasteiger partial charge in [0, 0.05) is 13.1 Å². The van der Waals surface area contributed by atoms with E-state index in [1.165, 1.54) is 7.11 Å². The van der Waals surface area contributed by atoms with Crippen LogP contribution in [-0.4, -0.2) is 37.0 Å². The van der Waals surface area contributed by atoms with Gasteiger partial charge in [-0.1, -0.05) is 61.0 Å². The van der Waals surface area contributed by atoms with Crippen LogP contribution in [0.1, 0.15) is 22.8 Å². The van der Waals surface area contributed by atoms with E-state index in [9.17, 15) is 9.59 Å². The van der Waals surface area contributed by atoms with E-state index in [1.54, 1.807) is 36.1 Å². The number of hydrogen-bond donors (Lipinski definition) is 0. The summed E-state index contributed by atoms with van der Waals surface area (Å²) in [4.78, 5) is 26.3. The summed E-state index contributed by atoms with van der Waals surface area (Å²) in [7, 11) is 1.35. The molecule has 0 radical (unpaired) electrons. The van der Waals surface area contributed by atoms with Crippen molar-refractivity contribution in [3.63, 3.8) is 0 Å². The maximum atomic E-state index is 12.9. The molecule has 2 aromatic rings. The Morgan fingerprint density at radius 1 is 1.08 bits per heavy atom. The lowest BCUT2D eigenvalue weighted by Gasteiger charge is -2.25. The van der Waals surface area contributed by atoms with E-state index >= 15 is 0 Å². The van der Waals surface area contributed by atoms with Gasteiger partial charge in [0.05, 0.1) is 23.6 Å². The number of amides is 1. The van der Waals surface area contributed by atoms with Gasteiger partial charge < -0.3 is 9.64 Å². The second kappa shape index (κ2) is 9.23. The first-order valence-electron chi connectivity index (χ1n) is 8.18. The van der Waals surface area contributed by atoms with Gasteiger partial charge in [0.25, 0.3) is 5.91 Å². The summed E-state index contributed by atoms with van der Waals surface area (Å²) in [6, 6.07) is 16.9. The first-order chi connectivity index (χ1) is 12.0. The number of esters is 1. The number of benzene rings is 2. The third-order valence-electron chi connectivity index (χ3n) is 4.00. The van der Waals surface area contributed by atoms with Gasteiger partial charge in [-0.05, 0) is 24.1 Å². The Morgan fingerprint density at radius 2 is 1.72 bits per heavy atom. The normalized spacial score (nSPS) is 11.6. The topological polar surface area (TPSA) is 46.6 Å². The molecule has 4 nitrogen and oxygen atoms in total. The summed E-state index contributed by atoms with van der Waals surface area (Å²) >= 11 is 6.17. The van der Waals surface area contributed by atoms with Gasteiger partial charge in [-0.15, -0.1) is 0 Å². The Labute approximate surface area is 153 Å². The van der Waals surface area contributed by atoms with Crippen LogP contribution in [0.3, 0.4) is 0 Å². The van der Waals surface area contributed by atoms with E-state index in [4.69, 9.17) is 16.3 Å². The van der Waals surface area contributed by atoms with E-state index in [0.29, 0.717) is 23.6 Å². The number of hydrogen-bond acceptors (Lipinski definition) is 3. The molecule has 0 spiro atoms. The molecule has 0 N–H and O–H groups in total. The molecule has 2 rings (SSSR count). The fourth-order valence-electron chi connectivity index (χ4n) is 2.60. The summed E-state index contributed by atoms with van der Waals surface area (Å²) in [5.41, 5.74) is 1.57. The molecular formula is C20H22ClNO3. The molecular weight excluding hydrogens is 338 g/mol. The maximum absolute atomic E-state index is 12.9. The first kappa shape index (κ1) is 19.0. The molecule has 25 heavy (non-hydrogen) atoms. The Bertz CT molecular complexity index is 718. The number of ether oxygens (including phenoxy) is 1. The van der Waals surface area contributed by atoms with E-state index in [2.05, 4.69) is 0 Å². The number of halogens is 1. The van der Waals surface area contributed by atoms with Crippen LogP contribution in [0.15, 0.2) is 54.6 Å². The lowest BCUT2D eigenvalue weighted by molar-refractivity contribution is -0.145. The van der Waals surface area contributed by atoms with Crippen molar-refractivity contribution in [2.45, 2.75) is 13.3 Å². The molecule has 2 aromatic carbocycles. The monoisotopic (exact) mass is 359 g/mol. The summed E-state index contributed by atoms with van der Waals surface area (Å²) in [6.45, 7) is 2.53. The van der Waals surface area contributed by atoms with Crippen LogP contribution in [0, 0.1) is 5.92 Å². The molecule has 132 valence electrons. The van der Waals surface area contributed by atoms with Crippen LogP contribution in [0.4, 0.5) is 0 Å². The van der Waals surface area contributed by atoms with Gasteiger partial charge in [0.1, 0.15) is 0 Å². The largest absolute Gasteiger partial charge is 0.469 e. The van der Waals surface area contributed by atoms with Gasteiger partial charge in [-0.2, -0.15) is 0 Å². The third-order valence-corrected chi connectivity index (χ3v) is 4.33. The van der Waals surface area contributed by atoms with Crippen molar-refractivity contribution in [1.29, 1.82) is 0 Å². The molecule has 0 aliphatic heterocycles. The van der Waals surface area contributed by atoms with Gasteiger partial charge in [0.15, 0.2) is 0 Å². The highest BCUT2D eigenvalue weighted by Gasteiger charge is 2.23. The van der Waals surface area contributed by atoms with E-state index in [1.807, 2.05) is 30.3 Å². The molecule has 1 atom stereocenters. The fraction of sp³-hybridized carbons (Fsp3) is 0.300. The first-order valence-corrected chi connectivity index (χ1v) is 8.56. The standard InChI is InChI=1S/C20H22ClNO3/c1-15(20(24)25-2)14-22(13-12-16-8-4-3-5-9-16)19(23)17-10-6-7-11-18(17)21/h3-11,15H,12-14H2,1-2H3. The summed E-state index contributed by atoms with van der Waals surface area (Å²) in [5, 5.41) is 0.405. The molecule has 0 aliphatic rings. The highest BCUT2D eigenvalue weighted by atomic mass is 35.5. The molecule has 0 heterocycles. The fourth-order valence-corrected chi connectivity index (χ4v) is 2.81. The van der Waals surface area contributed by atoms with Crippen molar-refractivity contribution in [1.82, 2.24) is 4.90 Å². The van der Waals surface area contributed by atoms with Crippen molar-refractivity contribution in [2.75, 3.05) is 20.2 Å². The Balaban J connectivity index is 2.17. The number of methoxy groups -OCH3 is 1. The minimum absolute atomic E-state index is 0.183. The van der Waals surface area contributed by atoms with Crippen molar-refractivity contribution >= 4 is 23.5 Å². The molecule has 5 heteroatoms. The molecule has 0 saturated heterocycles. The highest BCUT2D eigenvalue weighted by Crippen LogP contribution is 2.18. The Kier molecular flexibility index (Phi) is 7.02. The SMILES string of the molecule is COC(=O)C(C)CN(CCc1ccccc1)C(=O)c1ccccc1Cl. The predicted octanol–water partition coefficient (Wildman–Crippen LogP) is 3.83. The third kappa shape index (κ3) is 5.33. The number of rotatable bonds is 7. The van der Waals surface area contributed by atoms with Gasteiger partial charge in [0.2, 0.25) is 0 Å². The van der Waals surface area contributed by atoms with Crippen molar-refractivity contribution in [3.8, 4) is 0 Å². The lowest BCUT2D eigenvalue weighted by Crippen LogP contribution is -2.38. The highest BCUT2D eigenvalue weighted by molar-refractivity contribution is 6.33. The van der Waals surface area contributed by atoms with Crippen molar-refractivity contribution in [2.24, 2.45) is 5.92 Å². The van der Waals surface area contributed by atoms with Crippen molar-refractivity contribution < 1.29 is 14.3 Å². The quantitative estimate of drug-likeness (QED) is 0.706. The summed E-state index contributed by atoms with van der Waals surface area (Å²) < 4.78 is 4.78. The molecule has 1 amide bonds.